The summed E-state index contributed by atoms with van der Waals surface area (Å²) in [4.78, 5) is 24.5. The Labute approximate surface area is 125 Å². The molecule has 0 bridgehead atoms. The molecule has 1 aliphatic rings. The van der Waals surface area contributed by atoms with E-state index in [9.17, 15) is 9.59 Å². The SMILES string of the molecule is COc1ccc(Cl)cc1NC(=O)N1CSC[C@H]1C(=O)O. The van der Waals surface area contributed by atoms with Gasteiger partial charge in [0.25, 0.3) is 0 Å². The summed E-state index contributed by atoms with van der Waals surface area (Å²) in [6.07, 6.45) is 0. The summed E-state index contributed by atoms with van der Waals surface area (Å²) < 4.78 is 5.12. The minimum absolute atomic E-state index is 0.339. The van der Waals surface area contributed by atoms with Crippen molar-refractivity contribution in [2.45, 2.75) is 6.04 Å². The predicted octanol–water partition coefficient (Wildman–Crippen LogP) is 2.34. The molecule has 1 aliphatic heterocycles. The van der Waals surface area contributed by atoms with Gasteiger partial charge in [0, 0.05) is 10.8 Å². The molecule has 2 N–H and O–H groups in total. The molecule has 0 aliphatic carbocycles. The summed E-state index contributed by atoms with van der Waals surface area (Å²) >= 11 is 7.27. The van der Waals surface area contributed by atoms with E-state index in [2.05, 4.69) is 5.32 Å². The lowest BCUT2D eigenvalue weighted by Gasteiger charge is -2.21. The lowest BCUT2D eigenvalue weighted by molar-refractivity contribution is -0.140. The number of benzene rings is 1. The molecule has 1 fully saturated rings. The van der Waals surface area contributed by atoms with Gasteiger partial charge < -0.3 is 20.1 Å². The second kappa shape index (κ2) is 6.23. The number of methoxy groups -OCH3 is 1. The average molecular weight is 317 g/mol. The molecule has 2 rings (SSSR count). The topological polar surface area (TPSA) is 78.9 Å². The van der Waals surface area contributed by atoms with Crippen LogP contribution in [0.2, 0.25) is 5.02 Å². The van der Waals surface area contributed by atoms with Crippen molar-refractivity contribution in [3.8, 4) is 5.75 Å². The third kappa shape index (κ3) is 3.10. The van der Waals surface area contributed by atoms with E-state index in [0.717, 1.165) is 0 Å². The maximum atomic E-state index is 12.1. The Morgan fingerprint density at radius 3 is 2.95 bits per heavy atom. The molecular formula is C12H13ClN2O4S. The number of nitrogens with one attached hydrogen (secondary N) is 1. The number of amides is 2. The first-order valence-corrected chi connectivity index (χ1v) is 7.28. The van der Waals surface area contributed by atoms with Crippen LogP contribution in [0.4, 0.5) is 10.5 Å². The van der Waals surface area contributed by atoms with Gasteiger partial charge in [-0.1, -0.05) is 11.6 Å². The molecule has 108 valence electrons. The quantitative estimate of drug-likeness (QED) is 0.895. The summed E-state index contributed by atoms with van der Waals surface area (Å²) in [7, 11) is 1.48. The highest BCUT2D eigenvalue weighted by atomic mass is 35.5. The molecule has 0 aromatic heterocycles. The summed E-state index contributed by atoms with van der Waals surface area (Å²) in [6.45, 7) is 0. The van der Waals surface area contributed by atoms with Gasteiger partial charge in [0.15, 0.2) is 0 Å². The third-order valence-corrected chi connectivity index (χ3v) is 4.08. The fourth-order valence-corrected chi connectivity index (χ4v) is 3.13. The molecule has 8 heteroatoms. The van der Waals surface area contributed by atoms with E-state index >= 15 is 0 Å². The van der Waals surface area contributed by atoms with Crippen molar-refractivity contribution in [3.05, 3.63) is 23.2 Å². The van der Waals surface area contributed by atoms with Gasteiger partial charge in [-0.05, 0) is 18.2 Å². The summed E-state index contributed by atoms with van der Waals surface area (Å²) in [5, 5.41) is 12.1. The normalized spacial score (nSPS) is 17.9. The smallest absolute Gasteiger partial charge is 0.327 e. The highest BCUT2D eigenvalue weighted by molar-refractivity contribution is 7.99. The molecular weight excluding hydrogens is 304 g/mol. The van der Waals surface area contributed by atoms with Crippen molar-refractivity contribution >= 4 is 41.1 Å². The number of carboxylic acid groups (broad SMARTS) is 1. The minimum Gasteiger partial charge on any atom is -0.495 e. The number of halogens is 1. The number of ether oxygens (including phenoxy) is 1. The second-order valence-electron chi connectivity index (χ2n) is 4.10. The first-order valence-electron chi connectivity index (χ1n) is 5.74. The molecule has 1 heterocycles. The minimum atomic E-state index is -1.01. The van der Waals surface area contributed by atoms with Gasteiger partial charge in [0.2, 0.25) is 0 Å². The maximum Gasteiger partial charge on any atom is 0.327 e. The zero-order valence-electron chi connectivity index (χ0n) is 10.6. The molecule has 20 heavy (non-hydrogen) atoms. The molecule has 0 unspecified atom stereocenters. The summed E-state index contributed by atoms with van der Waals surface area (Å²) in [5.74, 6) is 0.172. The molecule has 2 amide bonds. The average Bonchev–Trinajstić information content (AvgIpc) is 2.88. The number of anilines is 1. The van der Waals surface area contributed by atoms with Crippen molar-refractivity contribution in [2.75, 3.05) is 24.1 Å². The third-order valence-electron chi connectivity index (χ3n) is 2.83. The van der Waals surface area contributed by atoms with Crippen LogP contribution in [-0.2, 0) is 4.79 Å². The number of carboxylic acids is 1. The molecule has 6 nitrogen and oxygen atoms in total. The number of hydrogen-bond acceptors (Lipinski definition) is 4. The highest BCUT2D eigenvalue weighted by Gasteiger charge is 2.34. The van der Waals surface area contributed by atoms with E-state index in [1.54, 1.807) is 18.2 Å². The Morgan fingerprint density at radius 2 is 2.30 bits per heavy atom. The number of carbonyl (C=O) groups is 2. The Morgan fingerprint density at radius 1 is 1.55 bits per heavy atom. The molecule has 0 radical (unpaired) electrons. The van der Waals surface area contributed by atoms with Crippen LogP contribution in [0.3, 0.4) is 0 Å². The van der Waals surface area contributed by atoms with Crippen molar-refractivity contribution in [3.63, 3.8) is 0 Å². The Hall–Kier alpha value is -1.60. The van der Waals surface area contributed by atoms with Crippen LogP contribution in [0.15, 0.2) is 18.2 Å². The Balaban J connectivity index is 2.15. The number of rotatable bonds is 3. The van der Waals surface area contributed by atoms with Gasteiger partial charge >= 0.3 is 12.0 Å². The molecule has 1 atom stereocenters. The lowest BCUT2D eigenvalue weighted by Crippen LogP contribution is -2.44. The number of urea groups is 1. The fraction of sp³-hybridized carbons (Fsp3) is 0.333. The van der Waals surface area contributed by atoms with Crippen LogP contribution in [0.25, 0.3) is 0 Å². The van der Waals surface area contributed by atoms with E-state index < -0.39 is 18.0 Å². The number of aliphatic carboxylic acids is 1. The first kappa shape index (κ1) is 14.8. The van der Waals surface area contributed by atoms with Crippen LogP contribution < -0.4 is 10.1 Å². The molecule has 1 aromatic carbocycles. The van der Waals surface area contributed by atoms with E-state index in [-0.39, 0.29) is 0 Å². The van der Waals surface area contributed by atoms with E-state index in [0.29, 0.717) is 28.1 Å². The standard InChI is InChI=1S/C12H13ClN2O4S/c1-19-10-3-2-7(13)4-8(10)14-12(18)15-6-20-5-9(15)11(16)17/h2-4,9H,5-6H2,1H3,(H,14,18)(H,16,17)/t9-/m0/s1. The second-order valence-corrected chi connectivity index (χ2v) is 5.53. The molecule has 0 saturated carbocycles. The monoisotopic (exact) mass is 316 g/mol. The van der Waals surface area contributed by atoms with Gasteiger partial charge in [-0.2, -0.15) is 0 Å². The van der Waals surface area contributed by atoms with E-state index in [4.69, 9.17) is 21.4 Å². The van der Waals surface area contributed by atoms with Crippen molar-refractivity contribution in [1.29, 1.82) is 0 Å². The van der Waals surface area contributed by atoms with Crippen molar-refractivity contribution < 1.29 is 19.4 Å². The van der Waals surface area contributed by atoms with Gasteiger partial charge in [-0.15, -0.1) is 11.8 Å². The van der Waals surface area contributed by atoms with Crippen molar-refractivity contribution in [2.24, 2.45) is 0 Å². The number of carbonyl (C=O) groups excluding carboxylic acids is 1. The van der Waals surface area contributed by atoms with Crippen LogP contribution >= 0.6 is 23.4 Å². The molecule has 0 spiro atoms. The number of hydrogen-bond donors (Lipinski definition) is 2. The van der Waals surface area contributed by atoms with Crippen LogP contribution in [0.1, 0.15) is 0 Å². The van der Waals surface area contributed by atoms with Crippen LogP contribution in [0, 0.1) is 0 Å². The maximum absolute atomic E-state index is 12.1. The number of nitrogens with zero attached hydrogens (tertiary/aromatic N) is 1. The van der Waals surface area contributed by atoms with Gasteiger partial charge in [0.1, 0.15) is 11.8 Å². The Kier molecular flexibility index (Phi) is 4.61. The predicted molar refractivity (Wildman–Crippen MR) is 77.6 cm³/mol. The zero-order chi connectivity index (χ0) is 14.7. The fourth-order valence-electron chi connectivity index (χ4n) is 1.81. The van der Waals surface area contributed by atoms with E-state index in [1.165, 1.54) is 23.8 Å². The Bertz CT molecular complexity index is 540. The van der Waals surface area contributed by atoms with Crippen molar-refractivity contribution in [1.82, 2.24) is 4.90 Å². The van der Waals surface area contributed by atoms with Crippen LogP contribution in [0.5, 0.6) is 5.75 Å². The number of thioether (sulfide) groups is 1. The van der Waals surface area contributed by atoms with Gasteiger partial charge in [0.05, 0.1) is 18.7 Å². The summed E-state index contributed by atoms with van der Waals surface area (Å²) in [5.41, 5.74) is 0.408. The van der Waals surface area contributed by atoms with E-state index in [1.807, 2.05) is 0 Å². The molecule has 1 saturated heterocycles. The van der Waals surface area contributed by atoms with Gasteiger partial charge in [-0.25, -0.2) is 9.59 Å². The van der Waals surface area contributed by atoms with Crippen LogP contribution in [-0.4, -0.2) is 46.8 Å². The largest absolute Gasteiger partial charge is 0.495 e. The summed E-state index contributed by atoms with van der Waals surface area (Å²) in [6, 6.07) is 3.53. The zero-order valence-corrected chi connectivity index (χ0v) is 12.2. The molecule has 1 aromatic rings. The van der Waals surface area contributed by atoms with Gasteiger partial charge in [-0.3, -0.25) is 0 Å². The first-order chi connectivity index (χ1) is 9.52. The highest BCUT2D eigenvalue weighted by Crippen LogP contribution is 2.29. The lowest BCUT2D eigenvalue weighted by atomic mass is 10.3.